The Balaban J connectivity index is 1.80. The van der Waals surface area contributed by atoms with Crippen LogP contribution < -0.4 is 15.2 Å². The van der Waals surface area contributed by atoms with Gasteiger partial charge >= 0.3 is 0 Å². The Hall–Kier alpha value is -1.30. The average Bonchev–Trinajstić information content (AvgIpc) is 3.04. The zero-order valence-electron chi connectivity index (χ0n) is 10.7. The summed E-state index contributed by atoms with van der Waals surface area (Å²) in [6, 6.07) is 3.93. The van der Waals surface area contributed by atoms with Gasteiger partial charge in [0, 0.05) is 16.5 Å². The Morgan fingerprint density at radius 2 is 2.25 bits per heavy atom. The minimum atomic E-state index is 0.120. The van der Waals surface area contributed by atoms with Crippen LogP contribution in [0.1, 0.15) is 29.5 Å². The molecule has 2 aliphatic rings. The van der Waals surface area contributed by atoms with Gasteiger partial charge in [-0.2, -0.15) is 0 Å². The molecule has 0 saturated carbocycles. The van der Waals surface area contributed by atoms with Crippen LogP contribution in [-0.2, 0) is 6.42 Å². The summed E-state index contributed by atoms with van der Waals surface area (Å²) in [7, 11) is 0. The van der Waals surface area contributed by atoms with Crippen molar-refractivity contribution in [3.8, 4) is 22.1 Å². The number of ether oxygens (including phenoxy) is 2. The van der Waals surface area contributed by atoms with Gasteiger partial charge in [-0.25, -0.2) is 4.98 Å². The van der Waals surface area contributed by atoms with Gasteiger partial charge in [0.2, 0.25) is 6.79 Å². The van der Waals surface area contributed by atoms with Crippen LogP contribution >= 0.6 is 22.9 Å². The van der Waals surface area contributed by atoms with Crippen LogP contribution in [0.3, 0.4) is 0 Å². The molecule has 0 radical (unpaired) electrons. The molecule has 20 heavy (non-hydrogen) atoms. The number of aromatic nitrogens is 1. The van der Waals surface area contributed by atoms with Gasteiger partial charge in [-0.15, -0.1) is 11.3 Å². The minimum Gasteiger partial charge on any atom is -0.454 e. The lowest BCUT2D eigenvalue weighted by Crippen LogP contribution is -2.15. The smallest absolute Gasteiger partial charge is 0.231 e. The van der Waals surface area contributed by atoms with Gasteiger partial charge in [-0.1, -0.05) is 11.6 Å². The number of rotatable bonds is 1. The number of nitrogens with zero attached hydrogens (tertiary/aromatic N) is 1. The molecule has 1 unspecified atom stereocenters. The number of benzene rings is 1. The van der Waals surface area contributed by atoms with Crippen molar-refractivity contribution in [1.29, 1.82) is 0 Å². The van der Waals surface area contributed by atoms with Crippen molar-refractivity contribution in [2.45, 2.75) is 25.3 Å². The maximum absolute atomic E-state index is 6.23. The van der Waals surface area contributed by atoms with E-state index in [2.05, 4.69) is 0 Å². The molecule has 2 heterocycles. The molecular weight excluding hydrogens is 296 g/mol. The van der Waals surface area contributed by atoms with Crippen LogP contribution in [0.5, 0.6) is 11.5 Å². The lowest BCUT2D eigenvalue weighted by Gasteiger charge is -2.15. The molecule has 0 bridgehead atoms. The Morgan fingerprint density at radius 3 is 3.10 bits per heavy atom. The first-order valence-electron chi connectivity index (χ1n) is 6.57. The topological polar surface area (TPSA) is 57.4 Å². The second kappa shape index (κ2) is 4.62. The largest absolute Gasteiger partial charge is 0.454 e. The first kappa shape index (κ1) is 12.4. The molecule has 1 aliphatic carbocycles. The number of aryl methyl sites for hydroxylation is 1. The molecule has 2 N–H and O–H groups in total. The maximum Gasteiger partial charge on any atom is 0.231 e. The lowest BCUT2D eigenvalue weighted by molar-refractivity contribution is 0.174. The Bertz CT molecular complexity index is 686. The van der Waals surface area contributed by atoms with E-state index in [0.29, 0.717) is 16.5 Å². The predicted octanol–water partition coefficient (Wildman–Crippen LogP) is 3.53. The van der Waals surface area contributed by atoms with E-state index in [0.717, 1.165) is 35.5 Å². The highest BCUT2D eigenvalue weighted by molar-refractivity contribution is 7.15. The molecule has 0 amide bonds. The summed E-state index contributed by atoms with van der Waals surface area (Å²) < 4.78 is 10.7. The van der Waals surface area contributed by atoms with Gasteiger partial charge in [0.05, 0.1) is 10.7 Å². The summed E-state index contributed by atoms with van der Waals surface area (Å²) in [5.41, 5.74) is 8.26. The summed E-state index contributed by atoms with van der Waals surface area (Å²) in [6.45, 7) is 0.220. The van der Waals surface area contributed by atoms with Gasteiger partial charge in [0.1, 0.15) is 5.01 Å². The van der Waals surface area contributed by atoms with Crippen LogP contribution in [-0.4, -0.2) is 11.8 Å². The van der Waals surface area contributed by atoms with Gasteiger partial charge < -0.3 is 15.2 Å². The first-order valence-corrected chi connectivity index (χ1v) is 7.76. The molecule has 0 saturated heterocycles. The molecule has 1 aromatic heterocycles. The van der Waals surface area contributed by atoms with E-state index in [1.807, 2.05) is 12.1 Å². The second-order valence-electron chi connectivity index (χ2n) is 5.02. The second-order valence-corrected chi connectivity index (χ2v) is 6.46. The highest BCUT2D eigenvalue weighted by atomic mass is 35.5. The molecule has 1 aromatic carbocycles. The van der Waals surface area contributed by atoms with Crippen molar-refractivity contribution in [3.05, 3.63) is 27.7 Å². The van der Waals surface area contributed by atoms with E-state index >= 15 is 0 Å². The predicted molar refractivity (Wildman–Crippen MR) is 78.5 cm³/mol. The maximum atomic E-state index is 6.23. The fourth-order valence-corrected chi connectivity index (χ4v) is 4.07. The number of fused-ring (bicyclic) bond motifs is 2. The average molecular weight is 309 g/mol. The van der Waals surface area contributed by atoms with Crippen LogP contribution in [0.4, 0.5) is 0 Å². The minimum absolute atomic E-state index is 0.120. The summed E-state index contributed by atoms with van der Waals surface area (Å²) in [6.07, 6.45) is 3.16. The van der Waals surface area contributed by atoms with Crippen molar-refractivity contribution in [2.24, 2.45) is 5.73 Å². The number of nitrogens with two attached hydrogens (primary N) is 1. The van der Waals surface area contributed by atoms with E-state index in [1.54, 1.807) is 11.3 Å². The number of halogens is 1. The first-order chi connectivity index (χ1) is 9.72. The van der Waals surface area contributed by atoms with Crippen LogP contribution in [0.25, 0.3) is 10.6 Å². The van der Waals surface area contributed by atoms with E-state index in [4.69, 9.17) is 31.8 Å². The zero-order valence-corrected chi connectivity index (χ0v) is 12.3. The molecule has 104 valence electrons. The quantitative estimate of drug-likeness (QED) is 0.875. The molecule has 1 atom stereocenters. The van der Waals surface area contributed by atoms with Crippen LogP contribution in [0, 0.1) is 0 Å². The van der Waals surface area contributed by atoms with Crippen molar-refractivity contribution >= 4 is 22.9 Å². The zero-order chi connectivity index (χ0) is 13.7. The van der Waals surface area contributed by atoms with Crippen LogP contribution in [0.15, 0.2) is 12.1 Å². The third-order valence-electron chi connectivity index (χ3n) is 3.67. The number of hydrogen-bond acceptors (Lipinski definition) is 5. The van der Waals surface area contributed by atoms with E-state index < -0.39 is 0 Å². The van der Waals surface area contributed by atoms with E-state index in [1.165, 1.54) is 4.88 Å². The number of thiazole rings is 1. The Morgan fingerprint density at radius 1 is 1.35 bits per heavy atom. The number of hydrogen-bond donors (Lipinski definition) is 1. The molecule has 0 fully saturated rings. The highest BCUT2D eigenvalue weighted by Gasteiger charge is 2.24. The molecular formula is C14H13ClN2O2S. The van der Waals surface area contributed by atoms with E-state index in [-0.39, 0.29) is 12.8 Å². The molecule has 6 heteroatoms. The van der Waals surface area contributed by atoms with Crippen molar-refractivity contribution < 1.29 is 9.47 Å². The molecule has 2 aromatic rings. The molecule has 4 rings (SSSR count). The third kappa shape index (κ3) is 1.89. The summed E-state index contributed by atoms with van der Waals surface area (Å²) in [5.74, 6) is 1.30. The molecule has 0 spiro atoms. The monoisotopic (exact) mass is 308 g/mol. The van der Waals surface area contributed by atoms with Gasteiger partial charge in [-0.3, -0.25) is 0 Å². The SMILES string of the molecule is NC1CCCc2nc(-c3cc(Cl)c4c(c3)OCO4)sc21. The normalized spacial score (nSPS) is 20.0. The highest BCUT2D eigenvalue weighted by Crippen LogP contribution is 2.44. The standard InChI is InChI=1S/C14H13ClN2O2S/c15-8-4-7(5-11-12(8)19-6-18-11)14-17-10-3-1-2-9(16)13(10)20-14/h4-5,9H,1-3,6,16H2. The Kier molecular flexibility index (Phi) is 2.87. The Labute approximate surface area is 125 Å². The fourth-order valence-electron chi connectivity index (χ4n) is 2.67. The summed E-state index contributed by atoms with van der Waals surface area (Å²) in [4.78, 5) is 5.93. The van der Waals surface area contributed by atoms with Crippen molar-refractivity contribution in [1.82, 2.24) is 4.98 Å². The van der Waals surface area contributed by atoms with Gasteiger partial charge in [-0.05, 0) is 31.4 Å². The summed E-state index contributed by atoms with van der Waals surface area (Å²) >= 11 is 7.89. The van der Waals surface area contributed by atoms with Crippen molar-refractivity contribution in [2.75, 3.05) is 6.79 Å². The molecule has 4 nitrogen and oxygen atoms in total. The lowest BCUT2D eigenvalue weighted by atomic mass is 9.99. The van der Waals surface area contributed by atoms with Crippen LogP contribution in [0.2, 0.25) is 5.02 Å². The van der Waals surface area contributed by atoms with Gasteiger partial charge in [0.25, 0.3) is 0 Å². The van der Waals surface area contributed by atoms with Crippen molar-refractivity contribution in [3.63, 3.8) is 0 Å². The fraction of sp³-hybridized carbons (Fsp3) is 0.357. The van der Waals surface area contributed by atoms with E-state index in [9.17, 15) is 0 Å². The summed E-state index contributed by atoms with van der Waals surface area (Å²) in [5, 5.41) is 1.51. The van der Waals surface area contributed by atoms with Gasteiger partial charge in [0.15, 0.2) is 11.5 Å². The molecule has 1 aliphatic heterocycles. The third-order valence-corrected chi connectivity index (χ3v) is 5.23.